The van der Waals surface area contributed by atoms with Crippen LogP contribution >= 0.6 is 0 Å². The number of pyridine rings is 2. The molecule has 3 aromatic rings. The van der Waals surface area contributed by atoms with Gasteiger partial charge in [0.25, 0.3) is 5.91 Å². The Hall–Kier alpha value is -3.45. The number of anilines is 2. The van der Waals surface area contributed by atoms with Gasteiger partial charge in [0.2, 0.25) is 0 Å². The largest absolute Gasteiger partial charge is 0.353 e. The minimum atomic E-state index is 0.00210. The second kappa shape index (κ2) is 9.36. The van der Waals surface area contributed by atoms with Crippen LogP contribution in [0.4, 0.5) is 11.6 Å². The van der Waals surface area contributed by atoms with Gasteiger partial charge in [0, 0.05) is 58.1 Å². The van der Waals surface area contributed by atoms with Gasteiger partial charge in [0.05, 0.1) is 0 Å². The van der Waals surface area contributed by atoms with Crippen molar-refractivity contribution in [3.63, 3.8) is 0 Å². The number of rotatable bonds is 4. The highest BCUT2D eigenvalue weighted by Crippen LogP contribution is 2.22. The average Bonchev–Trinajstić information content (AvgIpc) is 2.89. The molecule has 0 spiro atoms. The van der Waals surface area contributed by atoms with E-state index in [1.165, 1.54) is 5.56 Å². The highest BCUT2D eigenvalue weighted by molar-refractivity contribution is 5.92. The van der Waals surface area contributed by atoms with Crippen LogP contribution in [0.5, 0.6) is 0 Å². The number of piperazine rings is 2. The molecule has 1 amide bonds. The van der Waals surface area contributed by atoms with Crippen LogP contribution in [0.25, 0.3) is 0 Å². The molecule has 0 aliphatic carbocycles. The molecule has 1 atom stereocenters. The van der Waals surface area contributed by atoms with Crippen molar-refractivity contribution in [3.05, 3.63) is 84.2 Å². The molecule has 2 fully saturated rings. The number of nitrogens with one attached hydrogen (secondary N) is 1. The summed E-state index contributed by atoms with van der Waals surface area (Å²) in [4.78, 5) is 28.7. The van der Waals surface area contributed by atoms with Gasteiger partial charge < -0.3 is 20.0 Å². The smallest absolute Gasteiger partial charge is 0.272 e. The lowest BCUT2D eigenvalue weighted by Crippen LogP contribution is -2.49. The van der Waals surface area contributed by atoms with Crippen LogP contribution in [0, 0.1) is 0 Å². The Labute approximate surface area is 188 Å². The fourth-order valence-electron chi connectivity index (χ4n) is 4.43. The molecule has 0 saturated carbocycles. The van der Waals surface area contributed by atoms with Crippen molar-refractivity contribution in [1.29, 1.82) is 0 Å². The normalized spacial score (nSPS) is 19.1. The Kier molecular flexibility index (Phi) is 5.98. The van der Waals surface area contributed by atoms with E-state index in [1.54, 1.807) is 6.20 Å². The van der Waals surface area contributed by atoms with E-state index in [2.05, 4.69) is 44.4 Å². The number of aromatic nitrogens is 2. The SMILES string of the molecule is O=C(c1cccc(N2CCN[C@H](c3ccccc3)C2)n1)N1CCN(c2ccccn2)CC1. The molecular formula is C25H28N6O. The van der Waals surface area contributed by atoms with Crippen LogP contribution in [0.3, 0.4) is 0 Å². The maximum Gasteiger partial charge on any atom is 0.272 e. The predicted molar refractivity (Wildman–Crippen MR) is 126 cm³/mol. The summed E-state index contributed by atoms with van der Waals surface area (Å²) in [6.07, 6.45) is 1.81. The van der Waals surface area contributed by atoms with Gasteiger partial charge in [-0.3, -0.25) is 4.79 Å². The van der Waals surface area contributed by atoms with Crippen LogP contribution in [0.1, 0.15) is 22.1 Å². The molecule has 7 heteroatoms. The summed E-state index contributed by atoms with van der Waals surface area (Å²) >= 11 is 0. The lowest BCUT2D eigenvalue weighted by molar-refractivity contribution is 0.0740. The number of hydrogen-bond acceptors (Lipinski definition) is 6. The molecule has 2 saturated heterocycles. The summed E-state index contributed by atoms with van der Waals surface area (Å²) in [5, 5.41) is 3.59. The first kappa shape index (κ1) is 20.5. The van der Waals surface area contributed by atoms with Crippen LogP contribution in [0.15, 0.2) is 72.9 Å². The molecule has 2 aliphatic rings. The predicted octanol–water partition coefficient (Wildman–Crippen LogP) is 2.59. The van der Waals surface area contributed by atoms with Crippen molar-refractivity contribution < 1.29 is 4.79 Å². The first-order chi connectivity index (χ1) is 15.8. The zero-order valence-electron chi connectivity index (χ0n) is 18.1. The highest BCUT2D eigenvalue weighted by Gasteiger charge is 2.25. The number of amides is 1. The molecule has 0 bridgehead atoms. The third-order valence-electron chi connectivity index (χ3n) is 6.20. The Balaban J connectivity index is 1.24. The molecule has 5 rings (SSSR count). The van der Waals surface area contributed by atoms with Gasteiger partial charge in [-0.05, 0) is 29.8 Å². The molecule has 1 N–H and O–H groups in total. The summed E-state index contributed by atoms with van der Waals surface area (Å²) in [6.45, 7) is 5.48. The standard InChI is InChI=1S/C25H28N6O/c32-25(30-17-15-29(16-18-30)23-10-4-5-12-27-23)21-9-6-11-24(28-21)31-14-13-26-22(19-31)20-7-2-1-3-8-20/h1-12,22,26H,13-19H2/t22-/m0/s1. The lowest BCUT2D eigenvalue weighted by atomic mass is 10.0. The molecule has 164 valence electrons. The average molecular weight is 429 g/mol. The van der Waals surface area contributed by atoms with Crippen LogP contribution in [-0.4, -0.2) is 66.6 Å². The summed E-state index contributed by atoms with van der Waals surface area (Å²) in [5.41, 5.74) is 1.79. The highest BCUT2D eigenvalue weighted by atomic mass is 16.2. The topological polar surface area (TPSA) is 64.6 Å². The Bertz CT molecular complexity index is 1040. The van der Waals surface area contributed by atoms with Crippen molar-refractivity contribution in [2.45, 2.75) is 6.04 Å². The minimum Gasteiger partial charge on any atom is -0.353 e. The Morgan fingerprint density at radius 3 is 2.38 bits per heavy atom. The first-order valence-corrected chi connectivity index (χ1v) is 11.2. The van der Waals surface area contributed by atoms with E-state index < -0.39 is 0 Å². The van der Waals surface area contributed by atoms with Crippen LogP contribution < -0.4 is 15.1 Å². The monoisotopic (exact) mass is 428 g/mol. The summed E-state index contributed by atoms with van der Waals surface area (Å²) in [5.74, 6) is 1.83. The van der Waals surface area contributed by atoms with Crippen LogP contribution in [0.2, 0.25) is 0 Å². The van der Waals surface area contributed by atoms with Gasteiger partial charge in [-0.2, -0.15) is 0 Å². The second-order valence-corrected chi connectivity index (χ2v) is 8.21. The number of carbonyl (C=O) groups is 1. The van der Waals surface area contributed by atoms with Gasteiger partial charge in [-0.15, -0.1) is 0 Å². The van der Waals surface area contributed by atoms with Gasteiger partial charge in [0.15, 0.2) is 0 Å². The second-order valence-electron chi connectivity index (χ2n) is 8.21. The van der Waals surface area contributed by atoms with Crippen molar-refractivity contribution in [2.24, 2.45) is 0 Å². The lowest BCUT2D eigenvalue weighted by Gasteiger charge is -2.36. The summed E-state index contributed by atoms with van der Waals surface area (Å²) < 4.78 is 0. The van der Waals surface area contributed by atoms with E-state index in [0.29, 0.717) is 18.8 Å². The maximum atomic E-state index is 13.2. The molecule has 0 unspecified atom stereocenters. The molecule has 1 aromatic carbocycles. The molecule has 0 radical (unpaired) electrons. The van der Waals surface area contributed by atoms with Gasteiger partial charge >= 0.3 is 0 Å². The Morgan fingerprint density at radius 1 is 0.812 bits per heavy atom. The fourth-order valence-corrected chi connectivity index (χ4v) is 4.43. The molecule has 2 aromatic heterocycles. The van der Waals surface area contributed by atoms with Crippen molar-refractivity contribution in [1.82, 2.24) is 20.2 Å². The van der Waals surface area contributed by atoms with E-state index in [9.17, 15) is 4.79 Å². The van der Waals surface area contributed by atoms with Gasteiger partial charge in [0.1, 0.15) is 17.3 Å². The van der Waals surface area contributed by atoms with E-state index in [-0.39, 0.29) is 11.9 Å². The first-order valence-electron chi connectivity index (χ1n) is 11.2. The zero-order chi connectivity index (χ0) is 21.8. The summed E-state index contributed by atoms with van der Waals surface area (Å²) in [7, 11) is 0. The third-order valence-corrected chi connectivity index (χ3v) is 6.20. The van der Waals surface area contributed by atoms with Crippen LogP contribution in [-0.2, 0) is 0 Å². The van der Waals surface area contributed by atoms with Gasteiger partial charge in [-0.1, -0.05) is 42.5 Å². The number of nitrogens with zero attached hydrogens (tertiary/aromatic N) is 5. The van der Waals surface area contributed by atoms with Crippen molar-refractivity contribution >= 4 is 17.5 Å². The maximum absolute atomic E-state index is 13.2. The Morgan fingerprint density at radius 2 is 1.59 bits per heavy atom. The number of benzene rings is 1. The third kappa shape index (κ3) is 4.43. The number of carbonyl (C=O) groups excluding carboxylic acids is 1. The quantitative estimate of drug-likeness (QED) is 0.689. The van der Waals surface area contributed by atoms with E-state index in [1.807, 2.05) is 47.4 Å². The van der Waals surface area contributed by atoms with E-state index in [0.717, 1.165) is 44.4 Å². The fraction of sp³-hybridized carbons (Fsp3) is 0.320. The van der Waals surface area contributed by atoms with Crippen molar-refractivity contribution in [3.8, 4) is 0 Å². The summed E-state index contributed by atoms with van der Waals surface area (Å²) in [6, 6.07) is 22.4. The zero-order valence-corrected chi connectivity index (χ0v) is 18.1. The molecule has 7 nitrogen and oxygen atoms in total. The molecule has 4 heterocycles. The number of hydrogen-bond donors (Lipinski definition) is 1. The minimum absolute atomic E-state index is 0.00210. The molecule has 2 aliphatic heterocycles. The van der Waals surface area contributed by atoms with Gasteiger partial charge in [-0.25, -0.2) is 9.97 Å². The van der Waals surface area contributed by atoms with E-state index in [4.69, 9.17) is 4.98 Å². The van der Waals surface area contributed by atoms with Crippen molar-refractivity contribution in [2.75, 3.05) is 55.6 Å². The molecule has 32 heavy (non-hydrogen) atoms. The molecular weight excluding hydrogens is 400 g/mol. The van der Waals surface area contributed by atoms with E-state index >= 15 is 0 Å².